The van der Waals surface area contributed by atoms with E-state index in [-0.39, 0.29) is 35.7 Å². The van der Waals surface area contributed by atoms with Crippen molar-refractivity contribution in [3.8, 4) is 0 Å². The van der Waals surface area contributed by atoms with Crippen molar-refractivity contribution in [1.29, 1.82) is 0 Å². The normalized spacial score (nSPS) is 33.0. The van der Waals surface area contributed by atoms with E-state index >= 15 is 0 Å². The van der Waals surface area contributed by atoms with Crippen LogP contribution >= 0.6 is 0 Å². The average molecular weight is 433 g/mol. The van der Waals surface area contributed by atoms with Crippen molar-refractivity contribution < 1.29 is 22.8 Å². The smallest absolute Gasteiger partial charge is 0.255 e. The summed E-state index contributed by atoms with van der Waals surface area (Å²) in [6.07, 6.45) is 0.553. The molecule has 4 aliphatic heterocycles. The average Bonchev–Trinajstić information content (AvgIpc) is 3.20. The summed E-state index contributed by atoms with van der Waals surface area (Å²) in [6.45, 7) is 2.03. The minimum Gasteiger partial charge on any atom is -0.323 e. The van der Waals surface area contributed by atoms with Gasteiger partial charge in [0.2, 0.25) is 11.8 Å². The molecule has 0 radical (unpaired) electrons. The molecule has 1 aromatic rings. The molecular weight excluding hydrogens is 408 g/mol. The summed E-state index contributed by atoms with van der Waals surface area (Å²) >= 11 is 0. The van der Waals surface area contributed by atoms with Crippen LogP contribution in [-0.4, -0.2) is 72.1 Å². The molecule has 3 atom stereocenters. The summed E-state index contributed by atoms with van der Waals surface area (Å²) < 4.78 is 23.9. The zero-order chi connectivity index (χ0) is 21.3. The maximum Gasteiger partial charge on any atom is 0.255 e. The van der Waals surface area contributed by atoms with Crippen LogP contribution in [0.4, 0.5) is 0 Å². The van der Waals surface area contributed by atoms with Crippen molar-refractivity contribution in [1.82, 2.24) is 15.1 Å². The first-order valence-corrected chi connectivity index (χ1v) is 11.9. The first kappa shape index (κ1) is 19.7. The van der Waals surface area contributed by atoms with Gasteiger partial charge in [-0.3, -0.25) is 24.6 Å². The second-order valence-electron chi connectivity index (χ2n) is 9.00. The van der Waals surface area contributed by atoms with Gasteiger partial charge in [-0.05, 0) is 23.6 Å². The van der Waals surface area contributed by atoms with Gasteiger partial charge in [-0.1, -0.05) is 12.1 Å². The van der Waals surface area contributed by atoms with Gasteiger partial charge in [0, 0.05) is 49.6 Å². The molecule has 10 heteroatoms. The zero-order valence-electron chi connectivity index (χ0n) is 16.5. The molecule has 0 spiro atoms. The number of amides is 3. The molecule has 3 unspecified atom stereocenters. The molecule has 3 N–H and O–H groups in total. The number of rotatable bonds is 3. The molecule has 1 aromatic carbocycles. The summed E-state index contributed by atoms with van der Waals surface area (Å²) in [5.74, 6) is -0.835. The maximum absolute atomic E-state index is 13.0. The number of hydrogen-bond acceptors (Lipinski definition) is 7. The number of hydrogen-bond donors (Lipinski definition) is 2. The Kier molecular flexibility index (Phi) is 4.32. The van der Waals surface area contributed by atoms with E-state index in [1.165, 1.54) is 0 Å². The Balaban J connectivity index is 1.34. The summed E-state index contributed by atoms with van der Waals surface area (Å²) in [4.78, 5) is 40.4. The second-order valence-corrected chi connectivity index (χ2v) is 11.1. The van der Waals surface area contributed by atoms with Gasteiger partial charge < -0.3 is 10.6 Å². The standard InChI is InChI=1S/C20H24N4O5S/c21-20-10-23(7-13(20)9-30(28,29)11-20)6-12-2-1-3-14-15(12)8-24(19(14)27)16-4-5-17(25)22-18(16)26/h1-3,13,16H,4-11,21H2,(H,22,25,26). The minimum absolute atomic E-state index is 0.0236. The van der Waals surface area contributed by atoms with Crippen LogP contribution < -0.4 is 11.1 Å². The quantitative estimate of drug-likeness (QED) is 0.586. The fourth-order valence-corrected chi connectivity index (χ4v) is 7.73. The number of likely N-dealkylation sites (tertiary alicyclic amines) is 1. The molecule has 0 aromatic heterocycles. The lowest BCUT2D eigenvalue weighted by Gasteiger charge is -2.29. The molecule has 4 aliphatic rings. The summed E-state index contributed by atoms with van der Waals surface area (Å²) in [5.41, 5.74) is 8.17. The van der Waals surface area contributed by atoms with E-state index in [4.69, 9.17) is 5.73 Å². The molecular formula is C20H24N4O5S. The number of piperidine rings is 1. The molecule has 3 amide bonds. The van der Waals surface area contributed by atoms with Crippen molar-refractivity contribution in [2.75, 3.05) is 24.6 Å². The third kappa shape index (κ3) is 3.14. The highest BCUT2D eigenvalue weighted by molar-refractivity contribution is 7.91. The SMILES string of the molecule is NC12CN(Cc3cccc4c3CN(C3CCC(=O)NC3=O)C4=O)CC1CS(=O)(=O)C2. The molecule has 4 heterocycles. The lowest BCUT2D eigenvalue weighted by molar-refractivity contribution is -0.136. The monoisotopic (exact) mass is 432 g/mol. The van der Waals surface area contributed by atoms with Crippen LogP contribution in [0.2, 0.25) is 0 Å². The number of nitrogens with one attached hydrogen (secondary N) is 1. The Hall–Kier alpha value is -2.30. The first-order valence-electron chi connectivity index (χ1n) is 10.1. The topological polar surface area (TPSA) is 130 Å². The third-order valence-electron chi connectivity index (χ3n) is 6.83. The van der Waals surface area contributed by atoms with E-state index in [0.717, 1.165) is 11.1 Å². The Morgan fingerprint density at radius 1 is 1.23 bits per heavy atom. The number of nitrogens with zero attached hydrogens (tertiary/aromatic N) is 2. The number of imide groups is 1. The van der Waals surface area contributed by atoms with Crippen molar-refractivity contribution in [3.05, 3.63) is 34.9 Å². The van der Waals surface area contributed by atoms with Gasteiger partial charge >= 0.3 is 0 Å². The number of benzene rings is 1. The zero-order valence-corrected chi connectivity index (χ0v) is 17.3. The highest BCUT2D eigenvalue weighted by Crippen LogP contribution is 2.36. The molecule has 0 aliphatic carbocycles. The molecule has 0 saturated carbocycles. The van der Waals surface area contributed by atoms with Crippen molar-refractivity contribution >= 4 is 27.6 Å². The maximum atomic E-state index is 13.0. The van der Waals surface area contributed by atoms with E-state index in [9.17, 15) is 22.8 Å². The molecule has 160 valence electrons. The molecule has 0 bridgehead atoms. The molecule has 5 rings (SSSR count). The fraction of sp³-hybridized carbons (Fsp3) is 0.550. The fourth-order valence-electron chi connectivity index (χ4n) is 5.42. The largest absolute Gasteiger partial charge is 0.323 e. The van der Waals surface area contributed by atoms with Crippen molar-refractivity contribution in [3.63, 3.8) is 0 Å². The van der Waals surface area contributed by atoms with Crippen LogP contribution in [0.3, 0.4) is 0 Å². The van der Waals surface area contributed by atoms with Crippen LogP contribution in [-0.2, 0) is 32.5 Å². The summed E-state index contributed by atoms with van der Waals surface area (Å²) in [5, 5.41) is 2.32. The van der Waals surface area contributed by atoms with Gasteiger partial charge in [0.05, 0.1) is 11.5 Å². The van der Waals surface area contributed by atoms with Crippen molar-refractivity contribution in [2.45, 2.75) is 37.5 Å². The van der Waals surface area contributed by atoms with Gasteiger partial charge in [0.15, 0.2) is 9.84 Å². The lowest BCUT2D eigenvalue weighted by Crippen LogP contribution is -2.52. The van der Waals surface area contributed by atoms with E-state index in [1.807, 2.05) is 12.1 Å². The second kappa shape index (κ2) is 6.60. The number of fused-ring (bicyclic) bond motifs is 2. The Bertz CT molecular complexity index is 1070. The number of carbonyl (C=O) groups excluding carboxylic acids is 3. The predicted molar refractivity (Wildman–Crippen MR) is 107 cm³/mol. The van der Waals surface area contributed by atoms with Crippen LogP contribution in [0.5, 0.6) is 0 Å². The molecule has 9 nitrogen and oxygen atoms in total. The summed E-state index contributed by atoms with van der Waals surface area (Å²) in [7, 11) is -3.07. The van der Waals surface area contributed by atoms with Gasteiger partial charge in [0.1, 0.15) is 6.04 Å². The van der Waals surface area contributed by atoms with Crippen LogP contribution in [0, 0.1) is 5.92 Å². The van der Waals surface area contributed by atoms with Gasteiger partial charge in [-0.25, -0.2) is 8.42 Å². The highest BCUT2D eigenvalue weighted by Gasteiger charge is 2.53. The van der Waals surface area contributed by atoms with Crippen LogP contribution in [0.15, 0.2) is 18.2 Å². The Morgan fingerprint density at radius 2 is 2.03 bits per heavy atom. The number of nitrogens with two attached hydrogens (primary N) is 1. The minimum atomic E-state index is -3.07. The van der Waals surface area contributed by atoms with Crippen LogP contribution in [0.25, 0.3) is 0 Å². The number of carbonyl (C=O) groups is 3. The first-order chi connectivity index (χ1) is 14.2. The molecule has 3 saturated heterocycles. The Labute approximate surface area is 174 Å². The third-order valence-corrected chi connectivity index (χ3v) is 8.71. The molecule has 3 fully saturated rings. The van der Waals surface area contributed by atoms with Gasteiger partial charge in [-0.2, -0.15) is 0 Å². The van der Waals surface area contributed by atoms with Gasteiger partial charge in [0.25, 0.3) is 5.91 Å². The van der Waals surface area contributed by atoms with Gasteiger partial charge in [-0.15, -0.1) is 0 Å². The molecule has 30 heavy (non-hydrogen) atoms. The van der Waals surface area contributed by atoms with E-state index in [1.54, 1.807) is 11.0 Å². The lowest BCUT2D eigenvalue weighted by atomic mass is 9.92. The van der Waals surface area contributed by atoms with Crippen LogP contribution in [0.1, 0.15) is 34.3 Å². The van der Waals surface area contributed by atoms with E-state index in [2.05, 4.69) is 10.2 Å². The van der Waals surface area contributed by atoms with E-state index < -0.39 is 27.3 Å². The van der Waals surface area contributed by atoms with Crippen molar-refractivity contribution in [2.24, 2.45) is 11.7 Å². The van der Waals surface area contributed by atoms with E-state index in [0.29, 0.717) is 38.2 Å². The highest BCUT2D eigenvalue weighted by atomic mass is 32.2. The summed E-state index contributed by atoms with van der Waals surface area (Å²) in [6, 6.07) is 4.93. The predicted octanol–water partition coefficient (Wildman–Crippen LogP) is -0.995. The Morgan fingerprint density at radius 3 is 2.77 bits per heavy atom. The number of sulfone groups is 1.